The number of nitrogens with one attached hydrogen (secondary N) is 1. The first-order valence-corrected chi connectivity index (χ1v) is 11.1. The summed E-state index contributed by atoms with van der Waals surface area (Å²) in [7, 11) is -3.77. The number of benzene rings is 2. The molecule has 0 radical (unpaired) electrons. The number of rotatable bonds is 5. The summed E-state index contributed by atoms with van der Waals surface area (Å²) in [6, 6.07) is 11.6. The molecule has 1 amide bonds. The van der Waals surface area contributed by atoms with Gasteiger partial charge in [-0.3, -0.25) is 14.3 Å². The third-order valence-electron chi connectivity index (χ3n) is 5.57. The number of anilines is 2. The van der Waals surface area contributed by atoms with E-state index in [1.54, 1.807) is 6.07 Å². The van der Waals surface area contributed by atoms with E-state index < -0.39 is 21.9 Å². The molecule has 0 spiro atoms. The second kappa shape index (κ2) is 7.51. The van der Waals surface area contributed by atoms with Gasteiger partial charge in [0, 0.05) is 18.7 Å². The average Bonchev–Trinajstić information content (AvgIpc) is 3.10. The molecule has 7 nitrogen and oxygen atoms in total. The molecule has 152 valence electrons. The zero-order chi connectivity index (χ0) is 20.6. The van der Waals surface area contributed by atoms with Crippen molar-refractivity contribution in [2.45, 2.75) is 37.0 Å². The third-order valence-corrected chi connectivity index (χ3v) is 6.95. The lowest BCUT2D eigenvalue weighted by Crippen LogP contribution is -2.25. The quantitative estimate of drug-likeness (QED) is 0.783. The van der Waals surface area contributed by atoms with Crippen LogP contribution < -0.4 is 9.62 Å². The molecule has 0 aromatic heterocycles. The zero-order valence-corrected chi connectivity index (χ0v) is 16.6. The highest BCUT2D eigenvalue weighted by atomic mass is 32.2. The van der Waals surface area contributed by atoms with Crippen LogP contribution in [0.2, 0.25) is 0 Å². The number of hydrogen-bond acceptors (Lipinski definition) is 4. The minimum atomic E-state index is -3.77. The van der Waals surface area contributed by atoms with Crippen LogP contribution in [0.3, 0.4) is 0 Å². The van der Waals surface area contributed by atoms with Crippen LogP contribution in [0.5, 0.6) is 0 Å². The van der Waals surface area contributed by atoms with Gasteiger partial charge in [-0.15, -0.1) is 0 Å². The van der Waals surface area contributed by atoms with E-state index >= 15 is 0 Å². The smallest absolute Gasteiger partial charge is 0.308 e. The first kappa shape index (κ1) is 19.4. The molecule has 0 saturated carbocycles. The van der Waals surface area contributed by atoms with Crippen LogP contribution in [0.15, 0.2) is 47.4 Å². The van der Waals surface area contributed by atoms with Crippen LogP contribution in [0.1, 0.15) is 30.4 Å². The summed E-state index contributed by atoms with van der Waals surface area (Å²) in [5, 5.41) is 9.10. The van der Waals surface area contributed by atoms with E-state index in [1.165, 1.54) is 34.7 Å². The summed E-state index contributed by atoms with van der Waals surface area (Å²) in [6.07, 6.45) is 3.93. The SMILES string of the molecule is O=C(O)C1CC(=O)N(c2ccc(S(=O)(=O)Nc3cccc4c3CCCC4)cc2)C1. The molecule has 1 unspecified atom stereocenters. The maximum Gasteiger partial charge on any atom is 0.308 e. The van der Waals surface area contributed by atoms with Crippen LogP contribution in [0, 0.1) is 5.92 Å². The van der Waals surface area contributed by atoms with Crippen molar-refractivity contribution in [2.75, 3.05) is 16.2 Å². The Bertz CT molecular complexity index is 1060. The molecule has 4 rings (SSSR count). The summed E-state index contributed by atoms with van der Waals surface area (Å²) < 4.78 is 28.4. The topological polar surface area (TPSA) is 104 Å². The van der Waals surface area contributed by atoms with Crippen molar-refractivity contribution < 1.29 is 23.1 Å². The van der Waals surface area contributed by atoms with E-state index in [-0.39, 0.29) is 23.8 Å². The normalized spacial score (nSPS) is 19.1. The predicted molar refractivity (Wildman–Crippen MR) is 108 cm³/mol. The number of carboxylic acid groups (broad SMARTS) is 1. The maximum absolute atomic E-state index is 12.9. The molecule has 29 heavy (non-hydrogen) atoms. The minimum absolute atomic E-state index is 0.0456. The van der Waals surface area contributed by atoms with E-state index in [0.29, 0.717) is 11.4 Å². The van der Waals surface area contributed by atoms with Crippen LogP contribution in [0.25, 0.3) is 0 Å². The maximum atomic E-state index is 12.9. The highest BCUT2D eigenvalue weighted by Gasteiger charge is 2.35. The molecular formula is C21H22N2O5S. The second-order valence-corrected chi connectivity index (χ2v) is 9.18. The molecule has 8 heteroatoms. The Morgan fingerprint density at radius 2 is 1.79 bits per heavy atom. The first-order valence-electron chi connectivity index (χ1n) is 9.62. The van der Waals surface area contributed by atoms with Crippen LogP contribution >= 0.6 is 0 Å². The average molecular weight is 414 g/mol. The molecular weight excluding hydrogens is 392 g/mol. The Kier molecular flexibility index (Phi) is 5.04. The van der Waals surface area contributed by atoms with Crippen LogP contribution in [-0.4, -0.2) is 31.9 Å². The molecule has 2 N–H and O–H groups in total. The van der Waals surface area contributed by atoms with E-state index in [0.717, 1.165) is 31.2 Å². The number of aryl methyl sites for hydroxylation is 1. The van der Waals surface area contributed by atoms with Crippen molar-refractivity contribution >= 4 is 33.3 Å². The van der Waals surface area contributed by atoms with Gasteiger partial charge in [0.25, 0.3) is 10.0 Å². The fraction of sp³-hybridized carbons (Fsp3) is 0.333. The largest absolute Gasteiger partial charge is 0.481 e. The molecule has 1 atom stereocenters. The van der Waals surface area contributed by atoms with E-state index in [1.807, 2.05) is 12.1 Å². The Labute approximate surface area is 169 Å². The summed E-state index contributed by atoms with van der Waals surface area (Å²) in [5.41, 5.74) is 3.36. The lowest BCUT2D eigenvalue weighted by atomic mass is 9.91. The zero-order valence-electron chi connectivity index (χ0n) is 15.8. The Hall–Kier alpha value is -2.87. The van der Waals surface area contributed by atoms with E-state index in [9.17, 15) is 18.0 Å². The lowest BCUT2D eigenvalue weighted by Gasteiger charge is -2.20. The van der Waals surface area contributed by atoms with Crippen molar-refractivity contribution in [3.8, 4) is 0 Å². The van der Waals surface area contributed by atoms with Gasteiger partial charge in [0.1, 0.15) is 0 Å². The summed E-state index contributed by atoms with van der Waals surface area (Å²) in [6.45, 7) is 0.0919. The number of carbonyl (C=O) groups is 2. The monoisotopic (exact) mass is 414 g/mol. The fourth-order valence-electron chi connectivity index (χ4n) is 4.01. The lowest BCUT2D eigenvalue weighted by molar-refractivity contribution is -0.141. The van der Waals surface area contributed by atoms with Crippen molar-refractivity contribution in [1.29, 1.82) is 0 Å². The highest BCUT2D eigenvalue weighted by Crippen LogP contribution is 2.30. The second-order valence-electron chi connectivity index (χ2n) is 7.49. The van der Waals surface area contributed by atoms with Crippen molar-refractivity contribution in [2.24, 2.45) is 5.92 Å². The number of sulfonamides is 1. The van der Waals surface area contributed by atoms with Crippen molar-refractivity contribution in [3.05, 3.63) is 53.6 Å². The summed E-state index contributed by atoms with van der Waals surface area (Å²) in [4.78, 5) is 24.7. The number of nitrogens with zero attached hydrogens (tertiary/aromatic N) is 1. The third kappa shape index (κ3) is 3.85. The van der Waals surface area contributed by atoms with Gasteiger partial charge in [0.2, 0.25) is 5.91 Å². The molecule has 2 aliphatic rings. The Morgan fingerprint density at radius 3 is 2.48 bits per heavy atom. The van der Waals surface area contributed by atoms with Crippen LogP contribution in [-0.2, 0) is 32.5 Å². The van der Waals surface area contributed by atoms with Gasteiger partial charge in [-0.1, -0.05) is 12.1 Å². The highest BCUT2D eigenvalue weighted by molar-refractivity contribution is 7.92. The van der Waals surface area contributed by atoms with Gasteiger partial charge < -0.3 is 10.0 Å². The fourth-order valence-corrected chi connectivity index (χ4v) is 5.10. The Morgan fingerprint density at radius 1 is 1.07 bits per heavy atom. The van der Waals surface area contributed by atoms with Gasteiger partial charge in [0.05, 0.1) is 16.5 Å². The van der Waals surface area contributed by atoms with Crippen LogP contribution in [0.4, 0.5) is 11.4 Å². The number of carboxylic acids is 1. The number of amides is 1. The minimum Gasteiger partial charge on any atom is -0.481 e. The number of carbonyl (C=O) groups excluding carboxylic acids is 1. The van der Waals surface area contributed by atoms with E-state index in [4.69, 9.17) is 5.11 Å². The molecule has 1 saturated heterocycles. The number of hydrogen-bond donors (Lipinski definition) is 2. The number of aliphatic carboxylic acids is 1. The van der Waals surface area contributed by atoms with Gasteiger partial charge in [-0.05, 0) is 67.1 Å². The van der Waals surface area contributed by atoms with Crippen molar-refractivity contribution in [3.63, 3.8) is 0 Å². The first-order chi connectivity index (χ1) is 13.8. The molecule has 1 aliphatic heterocycles. The van der Waals surface area contributed by atoms with Crippen molar-refractivity contribution in [1.82, 2.24) is 0 Å². The van der Waals surface area contributed by atoms with Gasteiger partial charge in [-0.25, -0.2) is 8.42 Å². The molecule has 2 aromatic rings. The molecule has 0 bridgehead atoms. The van der Waals surface area contributed by atoms with Gasteiger partial charge >= 0.3 is 5.97 Å². The molecule has 1 aliphatic carbocycles. The predicted octanol–water partition coefficient (Wildman–Crippen LogP) is 2.80. The molecule has 1 fully saturated rings. The summed E-state index contributed by atoms with van der Waals surface area (Å²) >= 11 is 0. The number of fused-ring (bicyclic) bond motifs is 1. The molecule has 2 aromatic carbocycles. The summed E-state index contributed by atoms with van der Waals surface area (Å²) in [5.74, 6) is -2.02. The standard InChI is InChI=1S/C21H22N2O5S/c24-20-12-15(21(25)26)13-23(20)16-8-10-17(11-9-16)29(27,28)22-19-7-3-5-14-4-1-2-6-18(14)19/h3,5,7-11,15,22H,1-2,4,6,12-13H2,(H,25,26). The van der Waals surface area contributed by atoms with Gasteiger partial charge in [0.15, 0.2) is 0 Å². The Balaban J connectivity index is 1.55. The van der Waals surface area contributed by atoms with Gasteiger partial charge in [-0.2, -0.15) is 0 Å². The van der Waals surface area contributed by atoms with E-state index in [2.05, 4.69) is 4.72 Å². The molecule has 1 heterocycles.